The summed E-state index contributed by atoms with van der Waals surface area (Å²) in [7, 11) is 0. The van der Waals surface area contributed by atoms with E-state index in [9.17, 15) is 13.2 Å². The zero-order chi connectivity index (χ0) is 27.0. The second-order valence-electron chi connectivity index (χ2n) is 8.66. The summed E-state index contributed by atoms with van der Waals surface area (Å²) in [4.78, 5) is 9.42. The molecule has 37 heavy (non-hydrogen) atoms. The first kappa shape index (κ1) is 27.6. The molecule has 0 unspecified atom stereocenters. The molecule has 0 aliphatic rings. The van der Waals surface area contributed by atoms with Crippen molar-refractivity contribution < 1.29 is 27.4 Å². The van der Waals surface area contributed by atoms with Crippen LogP contribution >= 0.6 is 0 Å². The molecular weight excluding hydrogens is 487 g/mol. The minimum Gasteiger partial charge on any atom is -0.485 e. The Labute approximate surface area is 213 Å². The molecule has 0 saturated carbocycles. The van der Waals surface area contributed by atoms with Gasteiger partial charge in [-0.15, -0.1) is 0 Å². The number of rotatable bonds is 10. The Hall–Kier alpha value is -4.02. The van der Waals surface area contributed by atoms with Gasteiger partial charge in [0.25, 0.3) is 6.02 Å². The molecule has 11 heteroatoms. The minimum absolute atomic E-state index is 0.150. The number of anilines is 2. The van der Waals surface area contributed by atoms with Crippen molar-refractivity contribution in [2.75, 3.05) is 11.9 Å². The second kappa shape index (κ2) is 12.3. The first-order chi connectivity index (χ1) is 17.5. The largest absolute Gasteiger partial charge is 0.485 e. The van der Waals surface area contributed by atoms with Crippen LogP contribution in [0.2, 0.25) is 0 Å². The molecule has 0 aliphatic heterocycles. The third-order valence-electron chi connectivity index (χ3n) is 4.84. The molecule has 1 aromatic heterocycles. The molecule has 0 amide bonds. The van der Waals surface area contributed by atoms with E-state index in [1.165, 1.54) is 6.20 Å². The van der Waals surface area contributed by atoms with Crippen molar-refractivity contribution in [2.24, 2.45) is 0 Å². The van der Waals surface area contributed by atoms with Crippen LogP contribution in [-0.2, 0) is 11.3 Å². The van der Waals surface area contributed by atoms with Gasteiger partial charge < -0.3 is 24.4 Å². The molecule has 0 bridgehead atoms. The van der Waals surface area contributed by atoms with E-state index in [0.29, 0.717) is 28.8 Å². The van der Waals surface area contributed by atoms with Crippen LogP contribution in [0.3, 0.4) is 0 Å². The summed E-state index contributed by atoms with van der Waals surface area (Å²) in [6, 6.07) is 15.4. The van der Waals surface area contributed by atoms with Crippen molar-refractivity contribution in [3.05, 3.63) is 66.6 Å². The summed E-state index contributed by atoms with van der Waals surface area (Å²) in [5, 5.41) is 11.1. The summed E-state index contributed by atoms with van der Waals surface area (Å²) in [6.07, 6.45) is -3.16. The Bertz CT molecular complexity index is 1160. The van der Waals surface area contributed by atoms with Crippen LogP contribution < -0.4 is 14.8 Å². The number of hydrogen-bond donors (Lipinski definition) is 2. The number of nitrogens with zero attached hydrogens (tertiary/aromatic N) is 3. The molecule has 2 aromatic carbocycles. The monoisotopic (exact) mass is 517 g/mol. The third kappa shape index (κ3) is 8.85. The Morgan fingerprint density at radius 1 is 1.00 bits per heavy atom. The highest BCUT2D eigenvalue weighted by atomic mass is 19.4. The molecule has 0 saturated heterocycles. The highest BCUT2D eigenvalue weighted by molar-refractivity contribution is 5.70. The van der Waals surface area contributed by atoms with E-state index in [0.717, 1.165) is 4.90 Å². The molecule has 1 heterocycles. The average molecular weight is 518 g/mol. The van der Waals surface area contributed by atoms with E-state index >= 15 is 0 Å². The number of nitrogens with one attached hydrogen (secondary N) is 2. The topological polar surface area (TPSA) is 92.6 Å². The summed E-state index contributed by atoms with van der Waals surface area (Å²) >= 11 is 0. The van der Waals surface area contributed by atoms with Gasteiger partial charge in [0.1, 0.15) is 18.0 Å². The van der Waals surface area contributed by atoms with Crippen LogP contribution in [0.25, 0.3) is 0 Å². The lowest BCUT2D eigenvalue weighted by Gasteiger charge is -2.28. The summed E-state index contributed by atoms with van der Waals surface area (Å²) in [5.41, 5.74) is 0.698. The smallest absolute Gasteiger partial charge is 0.406 e. The van der Waals surface area contributed by atoms with Crippen LogP contribution in [0, 0.1) is 5.41 Å². The van der Waals surface area contributed by atoms with Gasteiger partial charge in [0, 0.05) is 11.7 Å². The van der Waals surface area contributed by atoms with Crippen LogP contribution in [-0.4, -0.2) is 45.8 Å². The van der Waals surface area contributed by atoms with E-state index in [2.05, 4.69) is 15.3 Å². The van der Waals surface area contributed by atoms with E-state index in [-0.39, 0.29) is 18.5 Å². The molecule has 198 valence electrons. The van der Waals surface area contributed by atoms with Crippen molar-refractivity contribution in [1.82, 2.24) is 14.9 Å². The fourth-order valence-corrected chi connectivity index (χ4v) is 3.17. The van der Waals surface area contributed by atoms with Gasteiger partial charge in [-0.2, -0.15) is 13.2 Å². The normalized spacial score (nSPS) is 11.4. The molecule has 0 aliphatic carbocycles. The lowest BCUT2D eigenvalue weighted by atomic mass is 10.3. The van der Waals surface area contributed by atoms with Crippen molar-refractivity contribution in [1.29, 1.82) is 5.41 Å². The number of hydrogen-bond acceptors (Lipinski definition) is 7. The summed E-state index contributed by atoms with van der Waals surface area (Å²) in [6.45, 7) is 5.24. The molecule has 0 spiro atoms. The quantitative estimate of drug-likeness (QED) is 0.233. The van der Waals surface area contributed by atoms with Crippen LogP contribution in [0.15, 0.2) is 60.8 Å². The van der Waals surface area contributed by atoms with Crippen molar-refractivity contribution in [3.63, 3.8) is 0 Å². The maximum Gasteiger partial charge on any atom is 0.406 e. The molecule has 0 fully saturated rings. The Morgan fingerprint density at radius 2 is 1.65 bits per heavy atom. The maximum absolute atomic E-state index is 12.9. The standard InChI is InChI=1S/C26H30F3N5O3/c1-17(2)34(16-26(27,28)29)25(30)35-15-23-31-14-22(36-18(3)4)24(33-23)32-19-10-12-21(13-11-19)37-20-8-6-5-7-9-20/h5-14,17-18,30H,15-16H2,1-4H3,(H,31,32,33). The second-order valence-corrected chi connectivity index (χ2v) is 8.66. The molecular formula is C26H30F3N5O3. The van der Waals surface area contributed by atoms with Crippen LogP contribution in [0.4, 0.5) is 24.7 Å². The number of ether oxygens (including phenoxy) is 3. The SMILES string of the molecule is CC(C)Oc1cnc(COC(=N)N(CC(F)(F)F)C(C)C)nc1Nc1ccc(Oc2ccccc2)cc1. The van der Waals surface area contributed by atoms with Gasteiger partial charge in [-0.05, 0) is 64.1 Å². The lowest BCUT2D eigenvalue weighted by molar-refractivity contribution is -0.142. The number of aromatic nitrogens is 2. The zero-order valence-corrected chi connectivity index (χ0v) is 21.0. The van der Waals surface area contributed by atoms with Gasteiger partial charge in [0.15, 0.2) is 24.0 Å². The van der Waals surface area contributed by atoms with E-state index in [1.54, 1.807) is 26.0 Å². The number of para-hydroxylation sites is 1. The van der Waals surface area contributed by atoms with Gasteiger partial charge in [0.05, 0.1) is 12.3 Å². The maximum atomic E-state index is 12.9. The predicted molar refractivity (Wildman–Crippen MR) is 134 cm³/mol. The highest BCUT2D eigenvalue weighted by Gasteiger charge is 2.33. The van der Waals surface area contributed by atoms with Crippen LogP contribution in [0.1, 0.15) is 33.5 Å². The van der Waals surface area contributed by atoms with Gasteiger partial charge in [-0.1, -0.05) is 18.2 Å². The first-order valence-corrected chi connectivity index (χ1v) is 11.7. The van der Waals surface area contributed by atoms with Crippen molar-refractivity contribution >= 4 is 17.5 Å². The van der Waals surface area contributed by atoms with Crippen molar-refractivity contribution in [3.8, 4) is 17.2 Å². The molecule has 0 atom stereocenters. The highest BCUT2D eigenvalue weighted by Crippen LogP contribution is 2.28. The van der Waals surface area contributed by atoms with Crippen LogP contribution in [0.5, 0.6) is 17.2 Å². The summed E-state index contributed by atoms with van der Waals surface area (Å²) in [5.74, 6) is 2.27. The Balaban J connectivity index is 1.72. The van der Waals surface area contributed by atoms with Gasteiger partial charge >= 0.3 is 6.18 Å². The zero-order valence-electron chi connectivity index (χ0n) is 21.0. The molecule has 3 aromatic rings. The first-order valence-electron chi connectivity index (χ1n) is 11.7. The van der Waals surface area contributed by atoms with Gasteiger partial charge in [-0.3, -0.25) is 5.41 Å². The Kier molecular flexibility index (Phi) is 9.15. The fraction of sp³-hybridized carbons (Fsp3) is 0.346. The third-order valence-corrected chi connectivity index (χ3v) is 4.84. The number of benzene rings is 2. The van der Waals surface area contributed by atoms with Gasteiger partial charge in [-0.25, -0.2) is 9.97 Å². The van der Waals surface area contributed by atoms with E-state index in [1.807, 2.05) is 56.3 Å². The number of amidine groups is 1. The molecule has 0 radical (unpaired) electrons. The Morgan fingerprint density at radius 3 is 2.24 bits per heavy atom. The van der Waals surface area contributed by atoms with Gasteiger partial charge in [0.2, 0.25) is 0 Å². The van der Waals surface area contributed by atoms with E-state index < -0.39 is 24.8 Å². The fourth-order valence-electron chi connectivity index (χ4n) is 3.17. The van der Waals surface area contributed by atoms with E-state index in [4.69, 9.17) is 19.6 Å². The number of halogens is 3. The lowest BCUT2D eigenvalue weighted by Crippen LogP contribution is -2.43. The molecule has 8 nitrogen and oxygen atoms in total. The molecule has 3 rings (SSSR count). The summed E-state index contributed by atoms with van der Waals surface area (Å²) < 4.78 is 55.6. The predicted octanol–water partition coefficient (Wildman–Crippen LogP) is 6.52. The number of alkyl halides is 3. The molecule has 2 N–H and O–H groups in total. The minimum atomic E-state index is -4.47. The van der Waals surface area contributed by atoms with Crippen molar-refractivity contribution in [2.45, 2.75) is 52.6 Å². The average Bonchev–Trinajstić information content (AvgIpc) is 2.83.